The minimum absolute atomic E-state index is 0.317. The zero-order valence-electron chi connectivity index (χ0n) is 9.50. The van der Waals surface area contributed by atoms with Gasteiger partial charge in [-0.25, -0.2) is 4.79 Å². The Labute approximate surface area is 108 Å². The van der Waals surface area contributed by atoms with E-state index in [0.29, 0.717) is 11.6 Å². The Bertz CT molecular complexity index is 513. The third-order valence-corrected chi connectivity index (χ3v) is 2.97. The molecule has 0 fully saturated rings. The number of hydrogen-bond acceptors (Lipinski definition) is 5. The van der Waals surface area contributed by atoms with Gasteiger partial charge in [0.15, 0.2) is 11.7 Å². The van der Waals surface area contributed by atoms with Crippen LogP contribution in [0.2, 0.25) is 0 Å². The first-order valence-corrected chi connectivity index (χ1v) is 6.18. The highest BCUT2D eigenvalue weighted by Gasteiger charge is 2.03. The summed E-state index contributed by atoms with van der Waals surface area (Å²) in [5.74, 6) is -0.978. The van der Waals surface area contributed by atoms with E-state index in [1.807, 2.05) is 17.5 Å². The predicted octanol–water partition coefficient (Wildman–Crippen LogP) is 2.22. The molecule has 18 heavy (non-hydrogen) atoms. The highest BCUT2D eigenvalue weighted by Crippen LogP contribution is 2.26. The molecule has 0 aliphatic heterocycles. The SMILES string of the molecule is O=C(O)COc1cc(NCc2cccnc2)cs1. The highest BCUT2D eigenvalue weighted by atomic mass is 32.1. The number of nitrogens with one attached hydrogen (secondary N) is 1. The molecule has 0 bridgehead atoms. The average Bonchev–Trinajstić information content (AvgIpc) is 2.83. The number of carbonyl (C=O) groups is 1. The van der Waals surface area contributed by atoms with E-state index in [2.05, 4.69) is 10.3 Å². The van der Waals surface area contributed by atoms with Crippen molar-refractivity contribution in [3.63, 3.8) is 0 Å². The lowest BCUT2D eigenvalue weighted by atomic mass is 10.3. The second-order valence-corrected chi connectivity index (χ2v) is 4.43. The van der Waals surface area contributed by atoms with Gasteiger partial charge >= 0.3 is 5.97 Å². The summed E-state index contributed by atoms with van der Waals surface area (Å²) < 4.78 is 5.07. The Hall–Kier alpha value is -2.08. The predicted molar refractivity (Wildman–Crippen MR) is 69.0 cm³/mol. The summed E-state index contributed by atoms with van der Waals surface area (Å²) in [4.78, 5) is 14.4. The van der Waals surface area contributed by atoms with Crippen LogP contribution >= 0.6 is 11.3 Å². The number of carboxylic acid groups (broad SMARTS) is 1. The quantitative estimate of drug-likeness (QED) is 0.837. The van der Waals surface area contributed by atoms with Crippen LogP contribution in [0.5, 0.6) is 5.06 Å². The molecule has 2 aromatic heterocycles. The highest BCUT2D eigenvalue weighted by molar-refractivity contribution is 7.12. The molecule has 2 rings (SSSR count). The van der Waals surface area contributed by atoms with Gasteiger partial charge < -0.3 is 15.2 Å². The van der Waals surface area contributed by atoms with Gasteiger partial charge in [-0.1, -0.05) is 6.07 Å². The maximum atomic E-state index is 10.3. The maximum absolute atomic E-state index is 10.3. The first-order chi connectivity index (χ1) is 8.74. The Balaban J connectivity index is 1.85. The van der Waals surface area contributed by atoms with Gasteiger partial charge in [0.2, 0.25) is 0 Å². The molecule has 94 valence electrons. The number of anilines is 1. The Kier molecular flexibility index (Phi) is 4.14. The molecular weight excluding hydrogens is 252 g/mol. The number of thiophene rings is 1. The first-order valence-electron chi connectivity index (χ1n) is 5.30. The van der Waals surface area contributed by atoms with E-state index in [9.17, 15) is 4.79 Å². The van der Waals surface area contributed by atoms with Crippen molar-refractivity contribution in [1.29, 1.82) is 0 Å². The normalized spacial score (nSPS) is 10.0. The fourth-order valence-electron chi connectivity index (χ4n) is 1.32. The van der Waals surface area contributed by atoms with Crippen LogP contribution in [0.4, 0.5) is 5.69 Å². The molecule has 6 heteroatoms. The molecular formula is C12H12N2O3S. The number of carboxylic acids is 1. The molecule has 0 aliphatic carbocycles. The van der Waals surface area contributed by atoms with E-state index in [1.165, 1.54) is 11.3 Å². The summed E-state index contributed by atoms with van der Waals surface area (Å²) >= 11 is 1.36. The number of pyridine rings is 1. The van der Waals surface area contributed by atoms with Crippen molar-refractivity contribution < 1.29 is 14.6 Å². The van der Waals surface area contributed by atoms with Gasteiger partial charge in [0.05, 0.1) is 0 Å². The van der Waals surface area contributed by atoms with Crippen molar-refractivity contribution >= 4 is 23.0 Å². The van der Waals surface area contributed by atoms with E-state index in [0.717, 1.165) is 11.3 Å². The summed E-state index contributed by atoms with van der Waals surface area (Å²) in [6.45, 7) is 0.353. The van der Waals surface area contributed by atoms with Gasteiger partial charge in [0.1, 0.15) is 0 Å². The van der Waals surface area contributed by atoms with Crippen LogP contribution in [0, 0.1) is 0 Å². The molecule has 0 aliphatic rings. The van der Waals surface area contributed by atoms with Crippen LogP contribution in [0.15, 0.2) is 36.0 Å². The maximum Gasteiger partial charge on any atom is 0.341 e. The Morgan fingerprint density at radius 1 is 1.56 bits per heavy atom. The van der Waals surface area contributed by atoms with Gasteiger partial charge in [0, 0.05) is 36.1 Å². The number of ether oxygens (including phenoxy) is 1. The smallest absolute Gasteiger partial charge is 0.341 e. The second kappa shape index (κ2) is 6.02. The van der Waals surface area contributed by atoms with Crippen molar-refractivity contribution in [2.24, 2.45) is 0 Å². The zero-order chi connectivity index (χ0) is 12.8. The van der Waals surface area contributed by atoms with E-state index >= 15 is 0 Å². The lowest BCUT2D eigenvalue weighted by Crippen LogP contribution is -2.08. The topological polar surface area (TPSA) is 71.5 Å². The zero-order valence-corrected chi connectivity index (χ0v) is 10.3. The van der Waals surface area contributed by atoms with E-state index < -0.39 is 5.97 Å². The Morgan fingerprint density at radius 3 is 3.17 bits per heavy atom. The average molecular weight is 264 g/mol. The molecule has 0 atom stereocenters. The summed E-state index contributed by atoms with van der Waals surface area (Å²) in [6.07, 6.45) is 3.52. The van der Waals surface area contributed by atoms with Crippen LogP contribution < -0.4 is 10.1 Å². The van der Waals surface area contributed by atoms with E-state index in [4.69, 9.17) is 9.84 Å². The molecule has 0 aromatic carbocycles. The number of hydrogen-bond donors (Lipinski definition) is 2. The molecule has 0 radical (unpaired) electrons. The van der Waals surface area contributed by atoms with Gasteiger partial charge in [-0.05, 0) is 11.6 Å². The lowest BCUT2D eigenvalue weighted by Gasteiger charge is -2.02. The number of rotatable bonds is 6. The molecule has 2 N–H and O–H groups in total. The fraction of sp³-hybridized carbons (Fsp3) is 0.167. The molecule has 2 heterocycles. The number of aliphatic carboxylic acids is 1. The van der Waals surface area contributed by atoms with Crippen molar-refractivity contribution in [1.82, 2.24) is 4.98 Å². The molecule has 0 saturated heterocycles. The van der Waals surface area contributed by atoms with Crippen LogP contribution in [0.25, 0.3) is 0 Å². The molecule has 0 amide bonds. The van der Waals surface area contributed by atoms with Crippen LogP contribution in [-0.2, 0) is 11.3 Å². The third kappa shape index (κ3) is 3.74. The molecule has 0 saturated carbocycles. The summed E-state index contributed by atoms with van der Waals surface area (Å²) in [6, 6.07) is 5.64. The third-order valence-electron chi connectivity index (χ3n) is 2.13. The van der Waals surface area contributed by atoms with E-state index in [-0.39, 0.29) is 6.61 Å². The van der Waals surface area contributed by atoms with Crippen molar-refractivity contribution in [2.75, 3.05) is 11.9 Å². The van der Waals surface area contributed by atoms with Crippen molar-refractivity contribution in [2.45, 2.75) is 6.54 Å². The van der Waals surface area contributed by atoms with Gasteiger partial charge in [-0.3, -0.25) is 4.98 Å². The van der Waals surface area contributed by atoms with Gasteiger partial charge in [-0.15, -0.1) is 11.3 Å². The lowest BCUT2D eigenvalue weighted by molar-refractivity contribution is -0.139. The first kappa shape index (κ1) is 12.4. The largest absolute Gasteiger partial charge is 0.479 e. The van der Waals surface area contributed by atoms with Crippen molar-refractivity contribution in [3.8, 4) is 5.06 Å². The van der Waals surface area contributed by atoms with Crippen molar-refractivity contribution in [3.05, 3.63) is 41.5 Å². The number of nitrogens with zero attached hydrogens (tertiary/aromatic N) is 1. The number of aromatic nitrogens is 1. The fourth-order valence-corrected chi connectivity index (χ4v) is 2.04. The summed E-state index contributed by atoms with van der Waals surface area (Å²) in [5, 5.41) is 14.2. The van der Waals surface area contributed by atoms with Gasteiger partial charge in [-0.2, -0.15) is 0 Å². The monoisotopic (exact) mass is 264 g/mol. The summed E-state index contributed by atoms with van der Waals surface area (Å²) in [7, 11) is 0. The Morgan fingerprint density at radius 2 is 2.44 bits per heavy atom. The second-order valence-electron chi connectivity index (χ2n) is 3.55. The van der Waals surface area contributed by atoms with Gasteiger partial charge in [0.25, 0.3) is 0 Å². The molecule has 0 spiro atoms. The standard InChI is InChI=1S/C12H12N2O3S/c15-11(16)7-17-12-4-10(8-18-12)14-6-9-2-1-3-13-5-9/h1-5,8,14H,6-7H2,(H,15,16). The van der Waals surface area contributed by atoms with Crippen LogP contribution in [0.3, 0.4) is 0 Å². The van der Waals surface area contributed by atoms with Crippen LogP contribution in [0.1, 0.15) is 5.56 Å². The minimum atomic E-state index is -0.978. The van der Waals surface area contributed by atoms with E-state index in [1.54, 1.807) is 18.5 Å². The molecule has 2 aromatic rings. The molecule has 5 nitrogen and oxygen atoms in total. The molecule has 0 unspecified atom stereocenters. The minimum Gasteiger partial charge on any atom is -0.479 e. The summed E-state index contributed by atoms with van der Waals surface area (Å²) in [5.41, 5.74) is 1.99. The van der Waals surface area contributed by atoms with Crippen LogP contribution in [-0.4, -0.2) is 22.7 Å².